The Balaban J connectivity index is 1.91. The summed E-state index contributed by atoms with van der Waals surface area (Å²) >= 11 is 0. The van der Waals surface area contributed by atoms with Crippen molar-refractivity contribution in [1.29, 1.82) is 0 Å². The summed E-state index contributed by atoms with van der Waals surface area (Å²) in [6.45, 7) is 1.77. The second-order valence-corrected chi connectivity index (χ2v) is 6.42. The molecule has 0 amide bonds. The predicted molar refractivity (Wildman–Crippen MR) is 109 cm³/mol. The van der Waals surface area contributed by atoms with Gasteiger partial charge in [0, 0.05) is 13.1 Å². The first-order valence-electron chi connectivity index (χ1n) is 9.43. The van der Waals surface area contributed by atoms with Crippen molar-refractivity contribution in [3.8, 4) is 11.5 Å². The van der Waals surface area contributed by atoms with Crippen molar-refractivity contribution in [2.24, 2.45) is 4.99 Å². The van der Waals surface area contributed by atoms with Crippen molar-refractivity contribution < 1.29 is 27.8 Å². The minimum Gasteiger partial charge on any atom is -0.497 e. The number of nitrogens with one attached hydrogen (secondary N) is 2. The summed E-state index contributed by atoms with van der Waals surface area (Å²) in [6.07, 6.45) is -5.13. The Labute approximate surface area is 173 Å². The molecule has 2 aromatic carbocycles. The van der Waals surface area contributed by atoms with E-state index in [0.717, 1.165) is 5.56 Å². The van der Waals surface area contributed by atoms with Gasteiger partial charge in [0.2, 0.25) is 0 Å². The topological polar surface area (TPSA) is 75.1 Å². The second-order valence-electron chi connectivity index (χ2n) is 6.42. The molecule has 0 bridgehead atoms. The van der Waals surface area contributed by atoms with Gasteiger partial charge >= 0.3 is 6.18 Å². The maximum atomic E-state index is 12.2. The number of aliphatic hydroxyl groups excluding tert-OH is 1. The first-order chi connectivity index (χ1) is 14.3. The number of halogens is 3. The van der Waals surface area contributed by atoms with E-state index < -0.39 is 18.9 Å². The summed E-state index contributed by atoms with van der Waals surface area (Å²) in [6, 6.07) is 13.4. The summed E-state index contributed by atoms with van der Waals surface area (Å²) < 4.78 is 46.4. The first-order valence-corrected chi connectivity index (χ1v) is 9.43. The van der Waals surface area contributed by atoms with Crippen LogP contribution in [0.25, 0.3) is 0 Å². The van der Waals surface area contributed by atoms with Gasteiger partial charge in [0.15, 0.2) is 12.6 Å². The molecule has 0 heterocycles. The number of rotatable bonds is 9. The highest BCUT2D eigenvalue weighted by Crippen LogP contribution is 2.20. The molecular weight excluding hydrogens is 399 g/mol. The average Bonchev–Trinajstić information content (AvgIpc) is 2.74. The lowest BCUT2D eigenvalue weighted by molar-refractivity contribution is -0.153. The molecule has 2 aromatic rings. The fraction of sp³-hybridized carbons (Fsp3) is 0.381. The number of alkyl halides is 3. The molecule has 0 fully saturated rings. The SMILES string of the molecule is CCNC(=NCc1ccc(OCC(F)(F)F)cc1)NCC(O)c1cccc(OC)c1. The number of benzene rings is 2. The van der Waals surface area contributed by atoms with Gasteiger partial charge in [-0.05, 0) is 42.3 Å². The van der Waals surface area contributed by atoms with Crippen LogP contribution in [-0.2, 0) is 6.54 Å². The molecule has 0 spiro atoms. The van der Waals surface area contributed by atoms with E-state index in [1.54, 1.807) is 43.5 Å². The van der Waals surface area contributed by atoms with Crippen LogP contribution in [0.2, 0.25) is 0 Å². The average molecular weight is 425 g/mol. The molecule has 2 rings (SSSR count). The van der Waals surface area contributed by atoms with Crippen molar-refractivity contribution in [3.05, 3.63) is 59.7 Å². The van der Waals surface area contributed by atoms with E-state index in [2.05, 4.69) is 15.6 Å². The van der Waals surface area contributed by atoms with Gasteiger partial charge in [-0.3, -0.25) is 0 Å². The van der Waals surface area contributed by atoms with Crippen LogP contribution >= 0.6 is 0 Å². The van der Waals surface area contributed by atoms with Crippen LogP contribution in [0, 0.1) is 0 Å². The van der Waals surface area contributed by atoms with E-state index >= 15 is 0 Å². The zero-order valence-electron chi connectivity index (χ0n) is 16.9. The van der Waals surface area contributed by atoms with Gasteiger partial charge < -0.3 is 25.2 Å². The zero-order chi connectivity index (χ0) is 22.0. The minimum absolute atomic E-state index is 0.145. The van der Waals surface area contributed by atoms with Crippen LogP contribution < -0.4 is 20.1 Å². The van der Waals surface area contributed by atoms with Crippen LogP contribution in [0.1, 0.15) is 24.2 Å². The molecule has 0 aliphatic rings. The molecule has 164 valence electrons. The van der Waals surface area contributed by atoms with E-state index in [0.29, 0.717) is 30.4 Å². The van der Waals surface area contributed by atoms with E-state index in [-0.39, 0.29) is 12.3 Å². The largest absolute Gasteiger partial charge is 0.497 e. The third-order valence-corrected chi connectivity index (χ3v) is 4.03. The summed E-state index contributed by atoms with van der Waals surface area (Å²) in [5, 5.41) is 16.5. The number of methoxy groups -OCH3 is 1. The van der Waals surface area contributed by atoms with Gasteiger partial charge in [-0.15, -0.1) is 0 Å². The summed E-state index contributed by atoms with van der Waals surface area (Å²) in [4.78, 5) is 4.44. The highest BCUT2D eigenvalue weighted by molar-refractivity contribution is 5.79. The summed E-state index contributed by atoms with van der Waals surface area (Å²) in [5.41, 5.74) is 1.52. The van der Waals surface area contributed by atoms with Crippen molar-refractivity contribution >= 4 is 5.96 Å². The van der Waals surface area contributed by atoms with Crippen molar-refractivity contribution in [3.63, 3.8) is 0 Å². The molecular formula is C21H26F3N3O3. The number of nitrogens with zero attached hydrogens (tertiary/aromatic N) is 1. The second kappa shape index (κ2) is 11.3. The van der Waals surface area contributed by atoms with Crippen LogP contribution in [-0.4, -0.2) is 44.0 Å². The molecule has 0 aliphatic heterocycles. The lowest BCUT2D eigenvalue weighted by atomic mass is 10.1. The Morgan fingerprint density at radius 2 is 1.83 bits per heavy atom. The Kier molecular flexibility index (Phi) is 8.79. The number of guanidine groups is 1. The van der Waals surface area contributed by atoms with Crippen LogP contribution in [0.3, 0.4) is 0 Å². The Bertz CT molecular complexity index is 811. The molecule has 0 saturated heterocycles. The molecule has 9 heteroatoms. The first kappa shape index (κ1) is 23.3. The lowest BCUT2D eigenvalue weighted by Gasteiger charge is -2.16. The van der Waals surface area contributed by atoms with Crippen LogP contribution in [0.15, 0.2) is 53.5 Å². The number of aliphatic imine (C=N–C) groups is 1. The fourth-order valence-corrected chi connectivity index (χ4v) is 2.53. The molecule has 0 radical (unpaired) electrons. The van der Waals surface area contributed by atoms with Crippen molar-refractivity contribution in [1.82, 2.24) is 10.6 Å². The quantitative estimate of drug-likeness (QED) is 0.424. The number of hydrogen-bond donors (Lipinski definition) is 3. The van der Waals surface area contributed by atoms with Gasteiger partial charge in [0.25, 0.3) is 0 Å². The zero-order valence-corrected chi connectivity index (χ0v) is 16.9. The monoisotopic (exact) mass is 425 g/mol. The maximum Gasteiger partial charge on any atom is 0.422 e. The van der Waals surface area contributed by atoms with Crippen LogP contribution in [0.5, 0.6) is 11.5 Å². The standard InChI is InChI=1S/C21H26F3N3O3/c1-3-25-20(27-13-19(28)16-5-4-6-18(11-16)29-2)26-12-15-7-9-17(10-8-15)30-14-21(22,23)24/h4-11,19,28H,3,12-14H2,1-2H3,(H2,25,26,27). The number of hydrogen-bond acceptors (Lipinski definition) is 4. The van der Waals surface area contributed by atoms with Crippen molar-refractivity contribution in [2.75, 3.05) is 26.8 Å². The third-order valence-electron chi connectivity index (χ3n) is 4.03. The Morgan fingerprint density at radius 3 is 2.47 bits per heavy atom. The van der Waals surface area contributed by atoms with E-state index in [9.17, 15) is 18.3 Å². The Morgan fingerprint density at radius 1 is 1.10 bits per heavy atom. The summed E-state index contributed by atoms with van der Waals surface area (Å²) in [5.74, 6) is 1.32. The highest BCUT2D eigenvalue weighted by Gasteiger charge is 2.28. The Hall–Kier alpha value is -2.94. The van der Waals surface area contributed by atoms with Gasteiger partial charge in [0.05, 0.1) is 19.8 Å². The van der Waals surface area contributed by atoms with E-state index in [1.807, 2.05) is 6.92 Å². The van der Waals surface area contributed by atoms with Gasteiger partial charge in [-0.25, -0.2) is 4.99 Å². The molecule has 6 nitrogen and oxygen atoms in total. The van der Waals surface area contributed by atoms with Crippen molar-refractivity contribution in [2.45, 2.75) is 25.7 Å². The smallest absolute Gasteiger partial charge is 0.422 e. The molecule has 1 unspecified atom stereocenters. The normalized spacial score (nSPS) is 12.9. The molecule has 0 saturated carbocycles. The lowest BCUT2D eigenvalue weighted by Crippen LogP contribution is -2.39. The molecule has 0 aliphatic carbocycles. The molecule has 3 N–H and O–H groups in total. The summed E-state index contributed by atoms with van der Waals surface area (Å²) in [7, 11) is 1.56. The fourth-order valence-electron chi connectivity index (χ4n) is 2.53. The number of ether oxygens (including phenoxy) is 2. The van der Waals surface area contributed by atoms with Gasteiger partial charge in [0.1, 0.15) is 11.5 Å². The number of aliphatic hydroxyl groups is 1. The van der Waals surface area contributed by atoms with E-state index in [1.165, 1.54) is 12.1 Å². The highest BCUT2D eigenvalue weighted by atomic mass is 19.4. The third kappa shape index (κ3) is 8.20. The van der Waals surface area contributed by atoms with Crippen LogP contribution in [0.4, 0.5) is 13.2 Å². The predicted octanol–water partition coefficient (Wildman–Crippen LogP) is 3.43. The maximum absolute atomic E-state index is 12.2. The van der Waals surface area contributed by atoms with Gasteiger partial charge in [-0.1, -0.05) is 24.3 Å². The van der Waals surface area contributed by atoms with Gasteiger partial charge in [-0.2, -0.15) is 13.2 Å². The molecule has 1 atom stereocenters. The molecule has 30 heavy (non-hydrogen) atoms. The van der Waals surface area contributed by atoms with E-state index in [4.69, 9.17) is 9.47 Å². The molecule has 0 aromatic heterocycles. The minimum atomic E-state index is -4.37.